The van der Waals surface area contributed by atoms with Crippen LogP contribution < -0.4 is 11.1 Å². The van der Waals surface area contributed by atoms with E-state index in [2.05, 4.69) is 29.2 Å². The number of amidine groups is 1. The summed E-state index contributed by atoms with van der Waals surface area (Å²) in [5, 5.41) is 14.7. The smallest absolute Gasteiger partial charge is 0.139 e. The minimum atomic E-state index is 0.324. The highest BCUT2D eigenvalue weighted by Crippen LogP contribution is 1.94. The van der Waals surface area contributed by atoms with E-state index in [-0.39, 0.29) is 0 Å². The quantitative estimate of drug-likeness (QED) is 0.168. The molecule has 0 aliphatic carbocycles. The summed E-state index contributed by atoms with van der Waals surface area (Å²) >= 11 is 0. The number of unbranched alkanes of at least 4 members (excludes halogenated alkanes) is 1. The molecule has 17 heavy (non-hydrogen) atoms. The lowest BCUT2D eigenvalue weighted by molar-refractivity contribution is 0.287. The highest BCUT2D eigenvalue weighted by molar-refractivity contribution is 5.79. The summed E-state index contributed by atoms with van der Waals surface area (Å²) < 4.78 is 0. The molecule has 0 unspecified atom stereocenters. The van der Waals surface area contributed by atoms with Crippen molar-refractivity contribution >= 4 is 5.84 Å². The van der Waals surface area contributed by atoms with Crippen LogP contribution in [0.15, 0.2) is 5.16 Å². The molecule has 0 atom stereocenters. The standard InChI is InChI=1S/C12H28N4O/c1-3-10-16(4-2)11-9-14-8-6-5-7-12(13)15-17/h14,17H,3-11H2,1-2H3,(H2,13,15). The van der Waals surface area contributed by atoms with Crippen LogP contribution in [0, 0.1) is 0 Å². The molecule has 5 heteroatoms. The first-order valence-electron chi connectivity index (χ1n) is 6.64. The molecule has 0 aromatic heterocycles. The highest BCUT2D eigenvalue weighted by atomic mass is 16.4. The summed E-state index contributed by atoms with van der Waals surface area (Å²) in [5.74, 6) is 0.324. The molecule has 0 saturated heterocycles. The Morgan fingerprint density at radius 2 is 2.00 bits per heavy atom. The molecule has 0 spiro atoms. The predicted molar refractivity (Wildman–Crippen MR) is 72.5 cm³/mol. The molecule has 102 valence electrons. The molecule has 0 amide bonds. The molecule has 0 fully saturated rings. The fourth-order valence-electron chi connectivity index (χ4n) is 1.71. The largest absolute Gasteiger partial charge is 0.409 e. The van der Waals surface area contributed by atoms with Crippen LogP contribution in [0.25, 0.3) is 0 Å². The van der Waals surface area contributed by atoms with Gasteiger partial charge in [0.15, 0.2) is 0 Å². The average Bonchev–Trinajstić information content (AvgIpc) is 2.35. The van der Waals surface area contributed by atoms with E-state index in [0.717, 1.165) is 39.0 Å². The maximum atomic E-state index is 8.36. The first kappa shape index (κ1) is 16.2. The van der Waals surface area contributed by atoms with E-state index in [1.54, 1.807) is 0 Å². The topological polar surface area (TPSA) is 73.9 Å². The average molecular weight is 244 g/mol. The van der Waals surface area contributed by atoms with Crippen molar-refractivity contribution in [2.24, 2.45) is 10.9 Å². The van der Waals surface area contributed by atoms with E-state index in [4.69, 9.17) is 10.9 Å². The summed E-state index contributed by atoms with van der Waals surface area (Å²) in [6, 6.07) is 0. The van der Waals surface area contributed by atoms with Crippen molar-refractivity contribution in [3.8, 4) is 0 Å². The number of hydrogen-bond acceptors (Lipinski definition) is 4. The summed E-state index contributed by atoms with van der Waals surface area (Å²) in [5.41, 5.74) is 5.38. The van der Waals surface area contributed by atoms with E-state index >= 15 is 0 Å². The molecule has 4 N–H and O–H groups in total. The van der Waals surface area contributed by atoms with Gasteiger partial charge in [-0.15, -0.1) is 0 Å². The van der Waals surface area contributed by atoms with E-state index in [1.807, 2.05) is 0 Å². The number of nitrogens with one attached hydrogen (secondary N) is 1. The molecular formula is C12H28N4O. The van der Waals surface area contributed by atoms with Gasteiger partial charge in [-0.3, -0.25) is 0 Å². The second-order valence-corrected chi connectivity index (χ2v) is 4.23. The zero-order valence-electron chi connectivity index (χ0n) is 11.3. The van der Waals surface area contributed by atoms with Gasteiger partial charge in [0.05, 0.1) is 0 Å². The molecule has 0 radical (unpaired) electrons. The molecule has 0 heterocycles. The molecule has 0 bridgehead atoms. The SMILES string of the molecule is CCCN(CC)CCNCCCCC(N)=NO. The van der Waals surface area contributed by atoms with Gasteiger partial charge < -0.3 is 21.2 Å². The van der Waals surface area contributed by atoms with Crippen LogP contribution in [-0.4, -0.2) is 48.7 Å². The van der Waals surface area contributed by atoms with Gasteiger partial charge in [-0.05, 0) is 38.9 Å². The monoisotopic (exact) mass is 244 g/mol. The number of nitrogens with zero attached hydrogens (tertiary/aromatic N) is 2. The maximum Gasteiger partial charge on any atom is 0.139 e. The number of hydrogen-bond donors (Lipinski definition) is 3. The van der Waals surface area contributed by atoms with E-state index in [9.17, 15) is 0 Å². The fourth-order valence-corrected chi connectivity index (χ4v) is 1.71. The molecule has 0 aliphatic heterocycles. The summed E-state index contributed by atoms with van der Waals surface area (Å²) in [7, 11) is 0. The van der Waals surface area contributed by atoms with Crippen LogP contribution in [0.2, 0.25) is 0 Å². The molecule has 0 saturated carbocycles. The van der Waals surface area contributed by atoms with Crippen LogP contribution in [0.3, 0.4) is 0 Å². The van der Waals surface area contributed by atoms with Crippen molar-refractivity contribution < 1.29 is 5.21 Å². The third-order valence-corrected chi connectivity index (χ3v) is 2.76. The lowest BCUT2D eigenvalue weighted by atomic mass is 10.2. The van der Waals surface area contributed by atoms with Gasteiger partial charge in [0, 0.05) is 19.5 Å². The zero-order valence-corrected chi connectivity index (χ0v) is 11.3. The third-order valence-electron chi connectivity index (χ3n) is 2.76. The summed E-state index contributed by atoms with van der Waals surface area (Å²) in [6.45, 7) is 9.88. The Morgan fingerprint density at radius 1 is 1.24 bits per heavy atom. The molecular weight excluding hydrogens is 216 g/mol. The Balaban J connectivity index is 3.28. The Bertz CT molecular complexity index is 197. The number of oxime groups is 1. The van der Waals surface area contributed by atoms with Gasteiger partial charge in [0.1, 0.15) is 5.84 Å². The van der Waals surface area contributed by atoms with Crippen molar-refractivity contribution in [1.29, 1.82) is 0 Å². The van der Waals surface area contributed by atoms with Gasteiger partial charge in [-0.1, -0.05) is 19.0 Å². The van der Waals surface area contributed by atoms with Gasteiger partial charge >= 0.3 is 0 Å². The molecule has 0 aromatic carbocycles. The number of rotatable bonds is 11. The van der Waals surface area contributed by atoms with Crippen LogP contribution in [0.4, 0.5) is 0 Å². The van der Waals surface area contributed by atoms with Crippen molar-refractivity contribution in [2.45, 2.75) is 39.5 Å². The second kappa shape index (κ2) is 11.7. The van der Waals surface area contributed by atoms with Gasteiger partial charge in [0.2, 0.25) is 0 Å². The van der Waals surface area contributed by atoms with Crippen LogP contribution in [-0.2, 0) is 0 Å². The Morgan fingerprint density at radius 3 is 2.59 bits per heavy atom. The molecule has 0 aromatic rings. The molecule has 0 aliphatic rings. The Labute approximate surface area is 105 Å². The van der Waals surface area contributed by atoms with E-state index < -0.39 is 0 Å². The lowest BCUT2D eigenvalue weighted by Gasteiger charge is -2.19. The lowest BCUT2D eigenvalue weighted by Crippen LogP contribution is -2.33. The molecule has 5 nitrogen and oxygen atoms in total. The molecule has 0 rings (SSSR count). The van der Waals surface area contributed by atoms with Gasteiger partial charge in [-0.2, -0.15) is 0 Å². The van der Waals surface area contributed by atoms with Crippen molar-refractivity contribution in [2.75, 3.05) is 32.7 Å². The Kier molecular flexibility index (Phi) is 11.1. The van der Waals surface area contributed by atoms with E-state index in [0.29, 0.717) is 12.3 Å². The first-order valence-corrected chi connectivity index (χ1v) is 6.64. The van der Waals surface area contributed by atoms with Crippen molar-refractivity contribution in [3.63, 3.8) is 0 Å². The summed E-state index contributed by atoms with van der Waals surface area (Å²) in [4.78, 5) is 2.45. The number of nitrogens with two attached hydrogens (primary N) is 1. The van der Waals surface area contributed by atoms with Crippen LogP contribution in [0.5, 0.6) is 0 Å². The maximum absolute atomic E-state index is 8.36. The number of likely N-dealkylation sites (N-methyl/N-ethyl adjacent to an activating group) is 1. The van der Waals surface area contributed by atoms with Crippen molar-refractivity contribution in [3.05, 3.63) is 0 Å². The Hall–Kier alpha value is -0.810. The first-order chi connectivity index (χ1) is 8.24. The van der Waals surface area contributed by atoms with Crippen LogP contribution in [0.1, 0.15) is 39.5 Å². The van der Waals surface area contributed by atoms with Gasteiger partial charge in [-0.25, -0.2) is 0 Å². The zero-order chi connectivity index (χ0) is 12.9. The normalized spacial score (nSPS) is 12.3. The van der Waals surface area contributed by atoms with Gasteiger partial charge in [0.25, 0.3) is 0 Å². The fraction of sp³-hybridized carbons (Fsp3) is 0.917. The third kappa shape index (κ3) is 10.1. The van der Waals surface area contributed by atoms with Crippen LogP contribution >= 0.6 is 0 Å². The van der Waals surface area contributed by atoms with E-state index in [1.165, 1.54) is 13.0 Å². The summed E-state index contributed by atoms with van der Waals surface area (Å²) in [6.07, 6.45) is 3.92. The second-order valence-electron chi connectivity index (χ2n) is 4.23. The minimum absolute atomic E-state index is 0.324. The minimum Gasteiger partial charge on any atom is -0.409 e. The predicted octanol–water partition coefficient (Wildman–Crippen LogP) is 1.22. The highest BCUT2D eigenvalue weighted by Gasteiger charge is 1.99. The van der Waals surface area contributed by atoms with Crippen molar-refractivity contribution in [1.82, 2.24) is 10.2 Å².